The van der Waals surface area contributed by atoms with E-state index in [2.05, 4.69) is 0 Å². The lowest BCUT2D eigenvalue weighted by Gasteiger charge is -2.08. The lowest BCUT2D eigenvalue weighted by atomic mass is 10.2. The van der Waals surface area contributed by atoms with Crippen LogP contribution >= 0.6 is 34.8 Å². The molecule has 0 amide bonds. The van der Waals surface area contributed by atoms with Crippen LogP contribution < -0.4 is 4.74 Å². The minimum absolute atomic E-state index is 0.110. The summed E-state index contributed by atoms with van der Waals surface area (Å²) in [5.41, 5.74) is 1.63. The van der Waals surface area contributed by atoms with Gasteiger partial charge in [-0.05, 0) is 48.4 Å². The van der Waals surface area contributed by atoms with E-state index in [4.69, 9.17) is 44.3 Å². The van der Waals surface area contributed by atoms with E-state index in [1.807, 2.05) is 6.92 Å². The molecule has 0 saturated heterocycles. The molecule has 2 rings (SSSR count). The Morgan fingerprint density at radius 2 is 1.73 bits per heavy atom. The first-order chi connectivity index (χ1) is 10.5. The fourth-order valence-corrected chi connectivity index (χ4v) is 2.12. The molecule has 0 spiro atoms. The monoisotopic (exact) mass is 358 g/mol. The molecule has 2 aromatic rings. The van der Waals surface area contributed by atoms with Gasteiger partial charge in [0.1, 0.15) is 12.4 Å². The van der Waals surface area contributed by atoms with Crippen LogP contribution in [-0.2, 0) is 16.1 Å². The van der Waals surface area contributed by atoms with Crippen molar-refractivity contribution < 1.29 is 14.3 Å². The van der Waals surface area contributed by atoms with Crippen LogP contribution in [0, 0.1) is 6.92 Å². The zero-order chi connectivity index (χ0) is 16.1. The van der Waals surface area contributed by atoms with Gasteiger partial charge in [-0.25, -0.2) is 4.79 Å². The average molecular weight is 360 g/mol. The van der Waals surface area contributed by atoms with Gasteiger partial charge in [0.2, 0.25) is 0 Å². The number of carbonyl (C=O) groups excluding carboxylic acids is 1. The maximum Gasteiger partial charge on any atom is 0.344 e. The molecule has 0 atom stereocenters. The van der Waals surface area contributed by atoms with E-state index in [-0.39, 0.29) is 13.2 Å². The summed E-state index contributed by atoms with van der Waals surface area (Å²) in [5.74, 6) is 0.0899. The van der Waals surface area contributed by atoms with Crippen molar-refractivity contribution in [3.05, 3.63) is 62.6 Å². The van der Waals surface area contributed by atoms with Crippen LogP contribution in [0.3, 0.4) is 0 Å². The van der Waals surface area contributed by atoms with E-state index < -0.39 is 5.97 Å². The Morgan fingerprint density at radius 1 is 1.00 bits per heavy atom. The zero-order valence-electron chi connectivity index (χ0n) is 11.7. The zero-order valence-corrected chi connectivity index (χ0v) is 14.0. The van der Waals surface area contributed by atoms with Gasteiger partial charge in [0, 0.05) is 5.02 Å². The number of carbonyl (C=O) groups is 1. The topological polar surface area (TPSA) is 35.5 Å². The second kappa shape index (κ2) is 7.73. The van der Waals surface area contributed by atoms with Gasteiger partial charge in [-0.2, -0.15) is 0 Å². The smallest absolute Gasteiger partial charge is 0.344 e. The summed E-state index contributed by atoms with van der Waals surface area (Å²) in [6, 6.07) is 10.2. The molecule has 22 heavy (non-hydrogen) atoms. The van der Waals surface area contributed by atoms with E-state index in [1.54, 1.807) is 36.4 Å². The van der Waals surface area contributed by atoms with Crippen LogP contribution in [0.1, 0.15) is 11.1 Å². The Balaban J connectivity index is 1.82. The van der Waals surface area contributed by atoms with E-state index >= 15 is 0 Å². The van der Waals surface area contributed by atoms with Gasteiger partial charge in [-0.15, -0.1) is 0 Å². The summed E-state index contributed by atoms with van der Waals surface area (Å²) in [6.07, 6.45) is 0. The molecule has 3 nitrogen and oxygen atoms in total. The lowest BCUT2D eigenvalue weighted by molar-refractivity contribution is -0.147. The van der Waals surface area contributed by atoms with E-state index in [9.17, 15) is 4.79 Å². The Bertz CT molecular complexity index is 629. The molecule has 0 unspecified atom stereocenters. The highest BCUT2D eigenvalue weighted by atomic mass is 35.5. The summed E-state index contributed by atoms with van der Waals surface area (Å²) >= 11 is 17.6. The van der Waals surface area contributed by atoms with Gasteiger partial charge >= 0.3 is 5.97 Å². The first-order valence-electron chi connectivity index (χ1n) is 6.44. The van der Waals surface area contributed by atoms with E-state index in [0.717, 1.165) is 11.1 Å². The van der Waals surface area contributed by atoms with Gasteiger partial charge in [-0.3, -0.25) is 0 Å². The van der Waals surface area contributed by atoms with Gasteiger partial charge in [0.05, 0.1) is 10.0 Å². The number of esters is 1. The Labute approximate surface area is 143 Å². The van der Waals surface area contributed by atoms with Crippen LogP contribution in [0.15, 0.2) is 36.4 Å². The normalized spacial score (nSPS) is 10.4. The second-order valence-corrected chi connectivity index (χ2v) is 5.83. The first-order valence-corrected chi connectivity index (χ1v) is 7.57. The molecule has 0 aliphatic carbocycles. The molecule has 116 valence electrons. The third kappa shape index (κ3) is 4.80. The maximum atomic E-state index is 11.7. The molecule has 0 N–H and O–H groups in total. The van der Waals surface area contributed by atoms with Crippen molar-refractivity contribution in [3.8, 4) is 5.75 Å². The van der Waals surface area contributed by atoms with Crippen LogP contribution in [0.25, 0.3) is 0 Å². The molecule has 0 saturated carbocycles. The molecule has 0 aliphatic heterocycles. The molecule has 6 heteroatoms. The van der Waals surface area contributed by atoms with Gasteiger partial charge < -0.3 is 9.47 Å². The van der Waals surface area contributed by atoms with Crippen molar-refractivity contribution in [1.82, 2.24) is 0 Å². The van der Waals surface area contributed by atoms with Crippen LogP contribution in [0.2, 0.25) is 15.1 Å². The fourth-order valence-electron chi connectivity index (χ4n) is 1.68. The van der Waals surface area contributed by atoms with Crippen molar-refractivity contribution in [1.29, 1.82) is 0 Å². The third-order valence-corrected chi connectivity index (χ3v) is 4.03. The van der Waals surface area contributed by atoms with Gasteiger partial charge in [0.25, 0.3) is 0 Å². The molecule has 0 aliphatic rings. The fraction of sp³-hybridized carbons (Fsp3) is 0.188. The molecule has 0 radical (unpaired) electrons. The van der Waals surface area contributed by atoms with Crippen LogP contribution in [0.4, 0.5) is 0 Å². The minimum atomic E-state index is -0.473. The van der Waals surface area contributed by atoms with Gasteiger partial charge in [0.15, 0.2) is 6.61 Å². The number of aryl methyl sites for hydroxylation is 1. The SMILES string of the molecule is Cc1cc(OCC(=O)OCc2ccc(Cl)c(Cl)c2)ccc1Cl. The molecule has 0 bridgehead atoms. The molecular formula is C16H13Cl3O3. The summed E-state index contributed by atoms with van der Waals surface area (Å²) in [6.45, 7) is 1.79. The lowest BCUT2D eigenvalue weighted by Crippen LogP contribution is -2.14. The minimum Gasteiger partial charge on any atom is -0.482 e. The Hall–Kier alpha value is -1.42. The summed E-state index contributed by atoms with van der Waals surface area (Å²) < 4.78 is 10.5. The standard InChI is InChI=1S/C16H13Cl3O3/c1-10-6-12(3-5-13(10)17)21-9-16(20)22-8-11-2-4-14(18)15(19)7-11/h2-7H,8-9H2,1H3. The van der Waals surface area contributed by atoms with Crippen molar-refractivity contribution in [2.45, 2.75) is 13.5 Å². The molecular weight excluding hydrogens is 347 g/mol. The predicted molar refractivity (Wildman–Crippen MR) is 87.9 cm³/mol. The van der Waals surface area contributed by atoms with Crippen molar-refractivity contribution in [3.63, 3.8) is 0 Å². The number of halogens is 3. The van der Waals surface area contributed by atoms with E-state index in [1.165, 1.54) is 0 Å². The van der Waals surface area contributed by atoms with Crippen molar-refractivity contribution in [2.75, 3.05) is 6.61 Å². The molecule has 0 aromatic heterocycles. The van der Waals surface area contributed by atoms with Crippen molar-refractivity contribution in [2.24, 2.45) is 0 Å². The van der Waals surface area contributed by atoms with Crippen LogP contribution in [-0.4, -0.2) is 12.6 Å². The number of benzene rings is 2. The molecule has 0 heterocycles. The number of ether oxygens (including phenoxy) is 2. The molecule has 2 aromatic carbocycles. The largest absolute Gasteiger partial charge is 0.482 e. The average Bonchev–Trinajstić information content (AvgIpc) is 2.49. The maximum absolute atomic E-state index is 11.7. The first kappa shape index (κ1) is 16.9. The highest BCUT2D eigenvalue weighted by Crippen LogP contribution is 2.23. The number of hydrogen-bond donors (Lipinski definition) is 0. The highest BCUT2D eigenvalue weighted by Gasteiger charge is 2.07. The quantitative estimate of drug-likeness (QED) is 0.699. The predicted octanol–water partition coefficient (Wildman–Crippen LogP) is 5.08. The van der Waals surface area contributed by atoms with Gasteiger partial charge in [-0.1, -0.05) is 40.9 Å². The summed E-state index contributed by atoms with van der Waals surface area (Å²) in [4.78, 5) is 11.7. The summed E-state index contributed by atoms with van der Waals surface area (Å²) in [5, 5.41) is 1.52. The van der Waals surface area contributed by atoms with Crippen molar-refractivity contribution >= 4 is 40.8 Å². The Morgan fingerprint density at radius 3 is 2.41 bits per heavy atom. The highest BCUT2D eigenvalue weighted by molar-refractivity contribution is 6.42. The molecule has 0 fully saturated rings. The number of rotatable bonds is 5. The van der Waals surface area contributed by atoms with E-state index in [0.29, 0.717) is 20.8 Å². The Kier molecular flexibility index (Phi) is 5.95. The second-order valence-electron chi connectivity index (χ2n) is 4.61. The van der Waals surface area contributed by atoms with Crippen LogP contribution in [0.5, 0.6) is 5.75 Å². The summed E-state index contributed by atoms with van der Waals surface area (Å²) in [7, 11) is 0. The third-order valence-electron chi connectivity index (χ3n) is 2.87. The number of hydrogen-bond acceptors (Lipinski definition) is 3.